The van der Waals surface area contributed by atoms with Crippen LogP contribution in [0.4, 0.5) is 4.39 Å². The summed E-state index contributed by atoms with van der Waals surface area (Å²) in [6, 6.07) is 5.82. The zero-order valence-corrected chi connectivity index (χ0v) is 10.0. The van der Waals surface area contributed by atoms with Gasteiger partial charge >= 0.3 is 0 Å². The Labute approximate surface area is 91.8 Å². The molecule has 15 heavy (non-hydrogen) atoms. The Bertz CT molecular complexity index is 369. The molecule has 1 rings (SSSR count). The van der Waals surface area contributed by atoms with Crippen LogP contribution in [0.2, 0.25) is 0 Å². The molecule has 0 bridgehead atoms. The summed E-state index contributed by atoms with van der Waals surface area (Å²) in [7, 11) is 0. The highest BCUT2D eigenvalue weighted by Crippen LogP contribution is 2.29. The van der Waals surface area contributed by atoms with E-state index in [-0.39, 0.29) is 0 Å². The van der Waals surface area contributed by atoms with Gasteiger partial charge in [-0.15, -0.1) is 0 Å². The summed E-state index contributed by atoms with van der Waals surface area (Å²) in [5, 5.41) is 0. The third kappa shape index (κ3) is 2.92. The van der Waals surface area contributed by atoms with Crippen LogP contribution in [0.1, 0.15) is 37.5 Å². The van der Waals surface area contributed by atoms with Crippen molar-refractivity contribution in [2.75, 3.05) is 0 Å². The van der Waals surface area contributed by atoms with Gasteiger partial charge in [0, 0.05) is 0 Å². The van der Waals surface area contributed by atoms with Gasteiger partial charge in [-0.05, 0) is 50.8 Å². The first-order valence-corrected chi connectivity index (χ1v) is 5.24. The lowest BCUT2D eigenvalue weighted by Gasteiger charge is -2.19. The fraction of sp³-hybridized carbons (Fsp3) is 0.429. The number of rotatable bonds is 3. The molecule has 0 aliphatic carbocycles. The Kier molecular flexibility index (Phi) is 3.33. The average Bonchev–Trinajstić information content (AvgIpc) is 2.05. The van der Waals surface area contributed by atoms with Gasteiger partial charge in [0.2, 0.25) is 0 Å². The maximum Gasteiger partial charge on any atom is 0.130 e. The molecule has 0 saturated heterocycles. The van der Waals surface area contributed by atoms with Crippen LogP contribution in [0.3, 0.4) is 0 Å². The quantitative estimate of drug-likeness (QED) is 0.646. The normalized spacial score (nSPS) is 11.5. The standard InChI is InChI=1S/C14H19F/c1-10(2)9-12-7-6-8-13(11(12)3)14(4,5)15/h6-8H,1,9H2,2-5H3. The van der Waals surface area contributed by atoms with Crippen molar-refractivity contribution in [2.45, 2.75) is 39.8 Å². The van der Waals surface area contributed by atoms with E-state index in [4.69, 9.17) is 0 Å². The predicted molar refractivity (Wildman–Crippen MR) is 63.8 cm³/mol. The second kappa shape index (κ2) is 4.18. The second-order valence-corrected chi connectivity index (χ2v) is 4.70. The van der Waals surface area contributed by atoms with Gasteiger partial charge in [-0.3, -0.25) is 0 Å². The molecule has 0 fully saturated rings. The Morgan fingerprint density at radius 1 is 1.40 bits per heavy atom. The molecule has 1 aromatic carbocycles. The van der Waals surface area contributed by atoms with Crippen molar-refractivity contribution in [3.63, 3.8) is 0 Å². The minimum Gasteiger partial charge on any atom is -0.239 e. The second-order valence-electron chi connectivity index (χ2n) is 4.70. The van der Waals surface area contributed by atoms with Crippen LogP contribution in [0, 0.1) is 6.92 Å². The minimum absolute atomic E-state index is 0.779. The maximum atomic E-state index is 13.9. The van der Waals surface area contributed by atoms with Crippen LogP contribution in [0.25, 0.3) is 0 Å². The highest BCUT2D eigenvalue weighted by molar-refractivity contribution is 5.38. The monoisotopic (exact) mass is 206 g/mol. The summed E-state index contributed by atoms with van der Waals surface area (Å²) in [6.07, 6.45) is 0.829. The molecule has 0 unspecified atom stereocenters. The number of hydrogen-bond donors (Lipinski definition) is 0. The van der Waals surface area contributed by atoms with Crippen molar-refractivity contribution in [2.24, 2.45) is 0 Å². The van der Waals surface area contributed by atoms with Gasteiger partial charge < -0.3 is 0 Å². The Morgan fingerprint density at radius 2 is 2.00 bits per heavy atom. The van der Waals surface area contributed by atoms with Crippen molar-refractivity contribution in [3.8, 4) is 0 Å². The third-order valence-electron chi connectivity index (χ3n) is 2.58. The lowest BCUT2D eigenvalue weighted by atomic mass is 9.90. The molecule has 0 spiro atoms. The number of halogens is 1. The number of benzene rings is 1. The SMILES string of the molecule is C=C(C)Cc1cccc(C(C)(C)F)c1C. The molecule has 0 heterocycles. The van der Waals surface area contributed by atoms with E-state index >= 15 is 0 Å². The summed E-state index contributed by atoms with van der Waals surface area (Å²) >= 11 is 0. The first-order chi connectivity index (χ1) is 6.82. The largest absolute Gasteiger partial charge is 0.239 e. The Balaban J connectivity index is 3.17. The lowest BCUT2D eigenvalue weighted by Crippen LogP contribution is -2.12. The topological polar surface area (TPSA) is 0 Å². The highest BCUT2D eigenvalue weighted by atomic mass is 19.1. The molecule has 1 aromatic rings. The van der Waals surface area contributed by atoms with Gasteiger partial charge in [0.05, 0.1) is 0 Å². The van der Waals surface area contributed by atoms with E-state index in [2.05, 4.69) is 6.58 Å². The van der Waals surface area contributed by atoms with E-state index in [1.165, 1.54) is 5.56 Å². The van der Waals surface area contributed by atoms with Crippen LogP contribution < -0.4 is 0 Å². The molecular formula is C14H19F. The third-order valence-corrected chi connectivity index (χ3v) is 2.58. The van der Waals surface area contributed by atoms with Crippen molar-refractivity contribution < 1.29 is 4.39 Å². The lowest BCUT2D eigenvalue weighted by molar-refractivity contribution is 0.220. The molecule has 0 aromatic heterocycles. The van der Waals surface area contributed by atoms with Crippen LogP contribution >= 0.6 is 0 Å². The molecule has 82 valence electrons. The summed E-state index contributed by atoms with van der Waals surface area (Å²) in [5.74, 6) is 0. The Hall–Kier alpha value is -1.11. The zero-order valence-electron chi connectivity index (χ0n) is 10.0. The molecule has 0 nitrogen and oxygen atoms in total. The van der Waals surface area contributed by atoms with Crippen LogP contribution in [-0.2, 0) is 12.1 Å². The van der Waals surface area contributed by atoms with E-state index in [1.54, 1.807) is 13.8 Å². The van der Waals surface area contributed by atoms with Gasteiger partial charge in [0.1, 0.15) is 5.67 Å². The molecule has 1 heteroatoms. The van der Waals surface area contributed by atoms with Crippen LogP contribution in [0.15, 0.2) is 30.4 Å². The molecule has 0 atom stereocenters. The van der Waals surface area contributed by atoms with Crippen molar-refractivity contribution in [1.82, 2.24) is 0 Å². The molecule has 0 aliphatic rings. The first-order valence-electron chi connectivity index (χ1n) is 5.24. The number of alkyl halides is 1. The van der Waals surface area contributed by atoms with E-state index < -0.39 is 5.67 Å². The fourth-order valence-electron chi connectivity index (χ4n) is 1.84. The van der Waals surface area contributed by atoms with Gasteiger partial charge in [0.25, 0.3) is 0 Å². The molecule has 0 N–H and O–H groups in total. The van der Waals surface area contributed by atoms with Gasteiger partial charge in [-0.25, -0.2) is 4.39 Å². The number of allylic oxidation sites excluding steroid dienone is 1. The average molecular weight is 206 g/mol. The van der Waals surface area contributed by atoms with E-state index in [9.17, 15) is 4.39 Å². The molecular weight excluding hydrogens is 187 g/mol. The van der Waals surface area contributed by atoms with Crippen molar-refractivity contribution in [3.05, 3.63) is 47.0 Å². The summed E-state index contributed by atoms with van der Waals surface area (Å²) in [6.45, 7) is 11.1. The molecule has 0 saturated carbocycles. The van der Waals surface area contributed by atoms with Crippen molar-refractivity contribution in [1.29, 1.82) is 0 Å². The van der Waals surface area contributed by atoms with E-state index in [0.717, 1.165) is 23.1 Å². The fourth-order valence-corrected chi connectivity index (χ4v) is 1.84. The zero-order chi connectivity index (χ0) is 11.6. The number of hydrogen-bond acceptors (Lipinski definition) is 0. The van der Waals surface area contributed by atoms with E-state index in [0.29, 0.717) is 0 Å². The van der Waals surface area contributed by atoms with Gasteiger partial charge in [-0.2, -0.15) is 0 Å². The summed E-state index contributed by atoms with van der Waals surface area (Å²) < 4.78 is 13.9. The van der Waals surface area contributed by atoms with E-state index in [1.807, 2.05) is 32.0 Å². The van der Waals surface area contributed by atoms with Gasteiger partial charge in [-0.1, -0.05) is 30.4 Å². The van der Waals surface area contributed by atoms with Crippen molar-refractivity contribution >= 4 is 0 Å². The smallest absolute Gasteiger partial charge is 0.130 e. The summed E-state index contributed by atoms with van der Waals surface area (Å²) in [4.78, 5) is 0. The summed E-state index contributed by atoms with van der Waals surface area (Å²) in [5.41, 5.74) is 2.83. The molecule has 0 aliphatic heterocycles. The van der Waals surface area contributed by atoms with Crippen LogP contribution in [0.5, 0.6) is 0 Å². The minimum atomic E-state index is -1.27. The Morgan fingerprint density at radius 3 is 2.47 bits per heavy atom. The van der Waals surface area contributed by atoms with Crippen LogP contribution in [-0.4, -0.2) is 0 Å². The molecule has 0 radical (unpaired) electrons. The first kappa shape index (κ1) is 12.0. The maximum absolute atomic E-state index is 13.9. The molecule has 0 amide bonds. The predicted octanol–water partition coefficient (Wildman–Crippen LogP) is 4.32. The highest BCUT2D eigenvalue weighted by Gasteiger charge is 2.21. The van der Waals surface area contributed by atoms with Gasteiger partial charge in [0.15, 0.2) is 0 Å².